The quantitative estimate of drug-likeness (QED) is 0.702. The van der Waals surface area contributed by atoms with Crippen LogP contribution in [0.2, 0.25) is 5.02 Å². The molecule has 0 fully saturated rings. The van der Waals surface area contributed by atoms with Crippen molar-refractivity contribution in [1.29, 1.82) is 0 Å². The first kappa shape index (κ1) is 22.2. The van der Waals surface area contributed by atoms with E-state index in [1.807, 2.05) is 39.0 Å². The molecular formula is C21H27ClN2O3S. The van der Waals surface area contributed by atoms with Crippen molar-refractivity contribution in [2.24, 2.45) is 0 Å². The number of carbonyl (C=O) groups is 1. The van der Waals surface area contributed by atoms with E-state index in [2.05, 4.69) is 5.32 Å². The summed E-state index contributed by atoms with van der Waals surface area (Å²) in [5.41, 5.74) is 3.60. The highest BCUT2D eigenvalue weighted by Crippen LogP contribution is 2.25. The molecule has 1 atom stereocenters. The highest BCUT2D eigenvalue weighted by Gasteiger charge is 2.31. The Morgan fingerprint density at radius 2 is 1.75 bits per heavy atom. The Hall–Kier alpha value is -2.05. The average molecular weight is 423 g/mol. The Labute approximate surface area is 172 Å². The third kappa shape index (κ3) is 5.72. The topological polar surface area (TPSA) is 66.5 Å². The minimum absolute atomic E-state index is 0.305. The monoisotopic (exact) mass is 422 g/mol. The molecule has 28 heavy (non-hydrogen) atoms. The lowest BCUT2D eigenvalue weighted by atomic mass is 10.1. The van der Waals surface area contributed by atoms with Crippen molar-refractivity contribution in [3.8, 4) is 0 Å². The van der Waals surface area contributed by atoms with E-state index < -0.39 is 16.1 Å². The first-order valence-electron chi connectivity index (χ1n) is 9.22. The second kappa shape index (κ2) is 9.43. The zero-order valence-electron chi connectivity index (χ0n) is 16.7. The lowest BCUT2D eigenvalue weighted by Gasteiger charge is -2.30. The third-order valence-corrected chi connectivity index (χ3v) is 6.13. The molecule has 0 bridgehead atoms. The van der Waals surface area contributed by atoms with Crippen molar-refractivity contribution < 1.29 is 13.2 Å². The number of amides is 1. The third-order valence-electron chi connectivity index (χ3n) is 4.70. The predicted molar refractivity (Wildman–Crippen MR) is 115 cm³/mol. The molecule has 0 radical (unpaired) electrons. The molecule has 1 N–H and O–H groups in total. The van der Waals surface area contributed by atoms with Gasteiger partial charge in [-0.3, -0.25) is 9.10 Å². The van der Waals surface area contributed by atoms with Crippen LogP contribution in [0, 0.1) is 13.8 Å². The van der Waals surface area contributed by atoms with E-state index in [4.69, 9.17) is 11.6 Å². The molecule has 1 unspecified atom stereocenters. The molecule has 152 valence electrons. The van der Waals surface area contributed by atoms with Gasteiger partial charge in [-0.2, -0.15) is 0 Å². The van der Waals surface area contributed by atoms with Crippen LogP contribution in [0.4, 0.5) is 5.69 Å². The summed E-state index contributed by atoms with van der Waals surface area (Å²) in [5, 5.41) is 3.53. The Bertz CT molecular complexity index is 927. The number of aryl methyl sites for hydroxylation is 2. The molecular weight excluding hydrogens is 396 g/mol. The van der Waals surface area contributed by atoms with Crippen molar-refractivity contribution in [2.45, 2.75) is 39.7 Å². The standard InChI is InChI=1S/C21H27ClN2O3S/c1-5-20(21(25)23-13-12-17-7-9-18(22)10-8-17)24(28(4,26)27)19-11-6-15(2)16(3)14-19/h6-11,14,20H,5,12-13H2,1-4H3,(H,23,25). The number of sulfonamides is 1. The molecule has 0 spiro atoms. The summed E-state index contributed by atoms with van der Waals surface area (Å²) in [6.45, 7) is 6.11. The van der Waals surface area contributed by atoms with E-state index in [0.717, 1.165) is 22.9 Å². The Balaban J connectivity index is 2.16. The summed E-state index contributed by atoms with van der Waals surface area (Å²) in [4.78, 5) is 12.8. The average Bonchev–Trinajstić information content (AvgIpc) is 2.62. The minimum Gasteiger partial charge on any atom is -0.354 e. The van der Waals surface area contributed by atoms with Gasteiger partial charge < -0.3 is 5.32 Å². The number of nitrogens with one attached hydrogen (secondary N) is 1. The predicted octanol–water partition coefficient (Wildman–Crippen LogP) is 3.86. The maximum Gasteiger partial charge on any atom is 0.243 e. The molecule has 0 aliphatic carbocycles. The fourth-order valence-corrected chi connectivity index (χ4v) is 4.35. The highest BCUT2D eigenvalue weighted by atomic mass is 35.5. The first-order chi connectivity index (χ1) is 13.1. The minimum atomic E-state index is -3.63. The second-order valence-electron chi connectivity index (χ2n) is 6.92. The Morgan fingerprint density at radius 3 is 2.29 bits per heavy atom. The number of carbonyl (C=O) groups excluding carboxylic acids is 1. The molecule has 2 rings (SSSR count). The smallest absolute Gasteiger partial charge is 0.243 e. The van der Waals surface area contributed by atoms with E-state index in [-0.39, 0.29) is 5.91 Å². The largest absolute Gasteiger partial charge is 0.354 e. The van der Waals surface area contributed by atoms with Crippen LogP contribution in [-0.4, -0.2) is 33.2 Å². The number of benzene rings is 2. The lowest BCUT2D eigenvalue weighted by molar-refractivity contribution is -0.122. The zero-order valence-corrected chi connectivity index (χ0v) is 18.3. The van der Waals surface area contributed by atoms with E-state index in [1.165, 1.54) is 4.31 Å². The molecule has 1 amide bonds. The number of hydrogen-bond donors (Lipinski definition) is 1. The van der Waals surface area contributed by atoms with Crippen molar-refractivity contribution in [3.05, 3.63) is 64.2 Å². The van der Waals surface area contributed by atoms with Crippen LogP contribution in [-0.2, 0) is 21.2 Å². The maximum atomic E-state index is 12.8. The SMILES string of the molecule is CCC(C(=O)NCCc1ccc(Cl)cc1)N(c1ccc(C)c(C)c1)S(C)(=O)=O. The molecule has 0 saturated heterocycles. The van der Waals surface area contributed by atoms with Gasteiger partial charge >= 0.3 is 0 Å². The molecule has 0 saturated carbocycles. The molecule has 7 heteroatoms. The number of anilines is 1. The molecule has 0 aliphatic heterocycles. The van der Waals surface area contributed by atoms with E-state index in [1.54, 1.807) is 24.3 Å². The summed E-state index contributed by atoms with van der Waals surface area (Å²) in [7, 11) is -3.63. The van der Waals surface area contributed by atoms with Crippen LogP contribution in [0.5, 0.6) is 0 Å². The lowest BCUT2D eigenvalue weighted by Crippen LogP contribution is -2.49. The van der Waals surface area contributed by atoms with Gasteiger partial charge in [0, 0.05) is 11.6 Å². The molecule has 2 aromatic rings. The van der Waals surface area contributed by atoms with Crippen LogP contribution in [0.25, 0.3) is 0 Å². The van der Waals surface area contributed by atoms with Crippen molar-refractivity contribution in [2.75, 3.05) is 17.1 Å². The van der Waals surface area contributed by atoms with Gasteiger partial charge in [0.05, 0.1) is 11.9 Å². The van der Waals surface area contributed by atoms with Gasteiger partial charge in [-0.15, -0.1) is 0 Å². The summed E-state index contributed by atoms with van der Waals surface area (Å²) in [5.74, 6) is -0.305. The molecule has 5 nitrogen and oxygen atoms in total. The summed E-state index contributed by atoms with van der Waals surface area (Å²) >= 11 is 5.88. The van der Waals surface area contributed by atoms with Crippen molar-refractivity contribution in [1.82, 2.24) is 5.32 Å². The van der Waals surface area contributed by atoms with Gasteiger partial charge in [-0.05, 0) is 67.6 Å². The van der Waals surface area contributed by atoms with E-state index in [0.29, 0.717) is 30.1 Å². The number of halogens is 1. The van der Waals surface area contributed by atoms with Gasteiger partial charge in [0.2, 0.25) is 15.9 Å². The zero-order chi connectivity index (χ0) is 20.9. The fraction of sp³-hybridized carbons (Fsp3) is 0.381. The fourth-order valence-electron chi connectivity index (χ4n) is 3.02. The van der Waals surface area contributed by atoms with Crippen molar-refractivity contribution >= 4 is 33.2 Å². The first-order valence-corrected chi connectivity index (χ1v) is 11.4. The number of rotatable bonds is 8. The summed E-state index contributed by atoms with van der Waals surface area (Å²) in [6, 6.07) is 12.0. The molecule has 0 aliphatic rings. The van der Waals surface area contributed by atoms with Gasteiger partial charge in [0.25, 0.3) is 0 Å². The molecule has 2 aromatic carbocycles. The maximum absolute atomic E-state index is 12.8. The van der Waals surface area contributed by atoms with E-state index in [9.17, 15) is 13.2 Å². The van der Waals surface area contributed by atoms with Crippen LogP contribution in [0.1, 0.15) is 30.0 Å². The molecule has 0 heterocycles. The van der Waals surface area contributed by atoms with Crippen molar-refractivity contribution in [3.63, 3.8) is 0 Å². The van der Waals surface area contributed by atoms with Gasteiger partial charge in [0.1, 0.15) is 6.04 Å². The van der Waals surface area contributed by atoms with Gasteiger partial charge in [0.15, 0.2) is 0 Å². The molecule has 0 aromatic heterocycles. The Kier molecular flexibility index (Phi) is 7.49. The van der Waals surface area contributed by atoms with E-state index >= 15 is 0 Å². The number of nitrogens with zero attached hydrogens (tertiary/aromatic N) is 1. The highest BCUT2D eigenvalue weighted by molar-refractivity contribution is 7.92. The summed E-state index contributed by atoms with van der Waals surface area (Å²) < 4.78 is 26.2. The van der Waals surface area contributed by atoms with Gasteiger partial charge in [-0.1, -0.05) is 36.7 Å². The normalized spacial score (nSPS) is 12.5. The van der Waals surface area contributed by atoms with Gasteiger partial charge in [-0.25, -0.2) is 8.42 Å². The van der Waals surface area contributed by atoms with Crippen LogP contribution in [0.15, 0.2) is 42.5 Å². The van der Waals surface area contributed by atoms with Crippen LogP contribution in [0.3, 0.4) is 0 Å². The summed E-state index contributed by atoms with van der Waals surface area (Å²) in [6.07, 6.45) is 2.14. The van der Waals surface area contributed by atoms with Crippen LogP contribution >= 0.6 is 11.6 Å². The van der Waals surface area contributed by atoms with Crippen LogP contribution < -0.4 is 9.62 Å². The second-order valence-corrected chi connectivity index (χ2v) is 9.21. The number of hydrogen-bond acceptors (Lipinski definition) is 3. The Morgan fingerprint density at radius 1 is 1.11 bits per heavy atom.